The molecule has 17 heavy (non-hydrogen) atoms. The van der Waals surface area contributed by atoms with E-state index >= 15 is 0 Å². The van der Waals surface area contributed by atoms with Crippen molar-refractivity contribution in [2.24, 2.45) is 0 Å². The van der Waals surface area contributed by atoms with Gasteiger partial charge in [0.2, 0.25) is 0 Å². The van der Waals surface area contributed by atoms with E-state index in [0.717, 1.165) is 22.1 Å². The van der Waals surface area contributed by atoms with E-state index in [2.05, 4.69) is 20.9 Å². The summed E-state index contributed by atoms with van der Waals surface area (Å²) >= 11 is 4.93. The fourth-order valence-corrected chi connectivity index (χ4v) is 2.54. The molecule has 88 valence electrons. The van der Waals surface area contributed by atoms with Gasteiger partial charge in [-0.25, -0.2) is 4.98 Å². The van der Waals surface area contributed by atoms with Gasteiger partial charge in [0, 0.05) is 28.2 Å². The molecule has 1 aromatic heterocycles. The SMILES string of the molecule is CN(Cc1cscn1)c1ccc(Br)cc1C=O. The van der Waals surface area contributed by atoms with Crippen LogP contribution in [0.3, 0.4) is 0 Å². The fourth-order valence-electron chi connectivity index (χ4n) is 1.61. The molecular formula is C12H11BrN2OS. The molecule has 2 aromatic rings. The van der Waals surface area contributed by atoms with Crippen LogP contribution in [-0.2, 0) is 6.54 Å². The molecule has 1 aromatic carbocycles. The Balaban J connectivity index is 2.24. The highest BCUT2D eigenvalue weighted by Crippen LogP contribution is 2.23. The number of nitrogens with zero attached hydrogens (tertiary/aromatic N) is 2. The number of carbonyl (C=O) groups excluding carboxylic acids is 1. The number of carbonyl (C=O) groups is 1. The van der Waals surface area contributed by atoms with Crippen LogP contribution < -0.4 is 4.90 Å². The van der Waals surface area contributed by atoms with Crippen molar-refractivity contribution < 1.29 is 4.79 Å². The molecule has 0 radical (unpaired) electrons. The molecular weight excluding hydrogens is 300 g/mol. The molecule has 0 bridgehead atoms. The minimum atomic E-state index is 0.678. The largest absolute Gasteiger partial charge is 0.368 e. The van der Waals surface area contributed by atoms with Crippen molar-refractivity contribution in [3.8, 4) is 0 Å². The second-order valence-corrected chi connectivity index (χ2v) is 5.29. The van der Waals surface area contributed by atoms with Crippen LogP contribution in [0.25, 0.3) is 0 Å². The molecule has 0 fully saturated rings. The van der Waals surface area contributed by atoms with E-state index in [1.807, 2.05) is 41.0 Å². The average molecular weight is 311 g/mol. The van der Waals surface area contributed by atoms with E-state index in [4.69, 9.17) is 0 Å². The minimum Gasteiger partial charge on any atom is -0.368 e. The van der Waals surface area contributed by atoms with Gasteiger partial charge in [0.15, 0.2) is 6.29 Å². The third-order valence-electron chi connectivity index (χ3n) is 2.41. The van der Waals surface area contributed by atoms with Crippen molar-refractivity contribution in [2.75, 3.05) is 11.9 Å². The summed E-state index contributed by atoms with van der Waals surface area (Å²) < 4.78 is 0.908. The topological polar surface area (TPSA) is 33.2 Å². The third kappa shape index (κ3) is 2.92. The number of thiazole rings is 1. The van der Waals surface area contributed by atoms with Gasteiger partial charge in [0.1, 0.15) is 0 Å². The van der Waals surface area contributed by atoms with Crippen LogP contribution >= 0.6 is 27.3 Å². The number of hydrogen-bond acceptors (Lipinski definition) is 4. The zero-order chi connectivity index (χ0) is 12.3. The number of hydrogen-bond donors (Lipinski definition) is 0. The predicted octanol–water partition coefficient (Wildman–Crippen LogP) is 3.35. The number of benzene rings is 1. The van der Waals surface area contributed by atoms with E-state index in [1.165, 1.54) is 0 Å². The lowest BCUT2D eigenvalue weighted by molar-refractivity contribution is 0.112. The first kappa shape index (κ1) is 12.3. The zero-order valence-electron chi connectivity index (χ0n) is 9.26. The molecule has 0 atom stereocenters. The van der Waals surface area contributed by atoms with Crippen LogP contribution in [0.1, 0.15) is 16.1 Å². The first-order valence-corrected chi connectivity index (χ1v) is 6.77. The summed E-state index contributed by atoms with van der Waals surface area (Å²) in [4.78, 5) is 17.3. The average Bonchev–Trinajstić information content (AvgIpc) is 2.81. The fraction of sp³-hybridized carbons (Fsp3) is 0.167. The highest BCUT2D eigenvalue weighted by atomic mass is 79.9. The Bertz CT molecular complexity index is 513. The Hall–Kier alpha value is -1.20. The smallest absolute Gasteiger partial charge is 0.152 e. The Morgan fingerprint density at radius 1 is 1.53 bits per heavy atom. The lowest BCUT2D eigenvalue weighted by atomic mass is 10.2. The highest BCUT2D eigenvalue weighted by Gasteiger charge is 2.08. The summed E-state index contributed by atoms with van der Waals surface area (Å²) in [6.45, 7) is 0.700. The van der Waals surface area contributed by atoms with Crippen LogP contribution in [0.15, 0.2) is 33.6 Å². The Labute approximate surface area is 112 Å². The molecule has 0 aliphatic carbocycles. The molecule has 0 amide bonds. The Morgan fingerprint density at radius 3 is 3.00 bits per heavy atom. The lowest BCUT2D eigenvalue weighted by Gasteiger charge is -2.20. The summed E-state index contributed by atoms with van der Waals surface area (Å²) in [7, 11) is 1.95. The molecule has 0 saturated heterocycles. The van der Waals surface area contributed by atoms with Crippen molar-refractivity contribution >= 4 is 39.2 Å². The summed E-state index contributed by atoms with van der Waals surface area (Å²) in [5, 5.41) is 2.01. The van der Waals surface area contributed by atoms with Crippen molar-refractivity contribution in [3.63, 3.8) is 0 Å². The molecule has 0 unspecified atom stereocenters. The maximum absolute atomic E-state index is 11.0. The second-order valence-electron chi connectivity index (χ2n) is 3.66. The molecule has 2 rings (SSSR count). The van der Waals surface area contributed by atoms with E-state index in [1.54, 1.807) is 11.3 Å². The van der Waals surface area contributed by atoms with E-state index in [0.29, 0.717) is 12.1 Å². The second kappa shape index (κ2) is 5.42. The van der Waals surface area contributed by atoms with Crippen molar-refractivity contribution in [3.05, 3.63) is 44.8 Å². The van der Waals surface area contributed by atoms with Gasteiger partial charge in [0.05, 0.1) is 17.7 Å². The number of aromatic nitrogens is 1. The molecule has 0 aliphatic rings. The summed E-state index contributed by atoms with van der Waals surface area (Å²) in [5.74, 6) is 0. The van der Waals surface area contributed by atoms with Gasteiger partial charge in [0.25, 0.3) is 0 Å². The summed E-state index contributed by atoms with van der Waals surface area (Å²) in [6, 6.07) is 5.68. The van der Waals surface area contributed by atoms with Gasteiger partial charge < -0.3 is 4.90 Å². The molecule has 5 heteroatoms. The van der Waals surface area contributed by atoms with Gasteiger partial charge in [-0.3, -0.25) is 4.79 Å². The first-order chi connectivity index (χ1) is 8.20. The third-order valence-corrected chi connectivity index (χ3v) is 3.54. The zero-order valence-corrected chi connectivity index (χ0v) is 11.7. The number of aldehydes is 1. The molecule has 0 spiro atoms. The summed E-state index contributed by atoms with van der Waals surface area (Å²) in [5.41, 5.74) is 4.41. The number of rotatable bonds is 4. The Kier molecular flexibility index (Phi) is 3.91. The molecule has 1 heterocycles. The lowest BCUT2D eigenvalue weighted by Crippen LogP contribution is -2.18. The molecule has 0 N–H and O–H groups in total. The van der Waals surface area contributed by atoms with Crippen LogP contribution in [0.4, 0.5) is 5.69 Å². The van der Waals surface area contributed by atoms with Gasteiger partial charge in [-0.2, -0.15) is 0 Å². The molecule has 0 saturated carbocycles. The predicted molar refractivity (Wildman–Crippen MR) is 73.8 cm³/mol. The van der Waals surface area contributed by atoms with Crippen molar-refractivity contribution in [1.82, 2.24) is 4.98 Å². The van der Waals surface area contributed by atoms with Crippen LogP contribution in [0.5, 0.6) is 0 Å². The maximum atomic E-state index is 11.0. The van der Waals surface area contributed by atoms with Crippen LogP contribution in [0.2, 0.25) is 0 Å². The Morgan fingerprint density at radius 2 is 2.35 bits per heavy atom. The number of halogens is 1. The maximum Gasteiger partial charge on any atom is 0.152 e. The normalized spacial score (nSPS) is 10.2. The number of anilines is 1. The summed E-state index contributed by atoms with van der Waals surface area (Å²) in [6.07, 6.45) is 0.873. The highest BCUT2D eigenvalue weighted by molar-refractivity contribution is 9.10. The van der Waals surface area contributed by atoms with Crippen molar-refractivity contribution in [1.29, 1.82) is 0 Å². The van der Waals surface area contributed by atoms with Gasteiger partial charge >= 0.3 is 0 Å². The molecule has 3 nitrogen and oxygen atoms in total. The molecule has 0 aliphatic heterocycles. The quantitative estimate of drug-likeness (QED) is 0.812. The van der Waals surface area contributed by atoms with Gasteiger partial charge in [-0.15, -0.1) is 11.3 Å². The van der Waals surface area contributed by atoms with E-state index in [9.17, 15) is 4.79 Å². The minimum absolute atomic E-state index is 0.678. The first-order valence-electron chi connectivity index (χ1n) is 5.03. The van der Waals surface area contributed by atoms with E-state index < -0.39 is 0 Å². The van der Waals surface area contributed by atoms with Gasteiger partial charge in [-0.05, 0) is 18.2 Å². The monoisotopic (exact) mass is 310 g/mol. The van der Waals surface area contributed by atoms with Gasteiger partial charge in [-0.1, -0.05) is 15.9 Å². The standard InChI is InChI=1S/C12H11BrN2OS/c1-15(5-11-7-17-8-14-11)12-3-2-10(13)4-9(12)6-16/h2-4,6-8H,5H2,1H3. The van der Waals surface area contributed by atoms with Crippen molar-refractivity contribution in [2.45, 2.75) is 6.54 Å². The van der Waals surface area contributed by atoms with Crippen LogP contribution in [0, 0.1) is 0 Å². The van der Waals surface area contributed by atoms with E-state index in [-0.39, 0.29) is 0 Å². The van der Waals surface area contributed by atoms with Crippen LogP contribution in [-0.4, -0.2) is 18.3 Å².